The van der Waals surface area contributed by atoms with Gasteiger partial charge in [-0.1, -0.05) is 35.3 Å². The van der Waals surface area contributed by atoms with Crippen LogP contribution < -0.4 is 4.74 Å². The number of hydrogen-bond donors (Lipinski definition) is 0. The molecule has 0 amide bonds. The van der Waals surface area contributed by atoms with Crippen molar-refractivity contribution in [1.29, 1.82) is 0 Å². The van der Waals surface area contributed by atoms with E-state index in [2.05, 4.69) is 5.10 Å². The summed E-state index contributed by atoms with van der Waals surface area (Å²) in [5.74, 6) is 0.608. The van der Waals surface area contributed by atoms with E-state index in [1.165, 1.54) is 0 Å². The number of aldehydes is 1. The molecule has 6 nitrogen and oxygen atoms in total. The smallest absolute Gasteiger partial charge is 0.166 e. The van der Waals surface area contributed by atoms with E-state index in [-0.39, 0.29) is 6.61 Å². The zero-order chi connectivity index (χ0) is 22.9. The number of pyridine rings is 1. The number of nitrogens with zero attached hydrogens (tertiary/aromatic N) is 4. The summed E-state index contributed by atoms with van der Waals surface area (Å²) in [5.41, 5.74) is 4.25. The van der Waals surface area contributed by atoms with E-state index in [1.807, 2.05) is 43.5 Å². The molecule has 0 aliphatic rings. The summed E-state index contributed by atoms with van der Waals surface area (Å²) in [5, 5.41) is 6.17. The van der Waals surface area contributed by atoms with Gasteiger partial charge in [0.15, 0.2) is 6.29 Å². The van der Waals surface area contributed by atoms with Crippen LogP contribution in [0.4, 0.5) is 0 Å². The third-order valence-corrected chi connectivity index (χ3v) is 6.13. The number of rotatable bonds is 6. The van der Waals surface area contributed by atoms with Crippen LogP contribution in [-0.2, 0) is 6.61 Å². The first-order valence-corrected chi connectivity index (χ1v) is 11.0. The first kappa shape index (κ1) is 21.2. The molecular weight excluding hydrogens is 459 g/mol. The SMILES string of the molecule is Cc1cc(-n2cccn2)c2cccc(OCc3c(Cl)ccc(-n4cccc4C=O)c3Cl)c2n1. The Kier molecular flexibility index (Phi) is 5.62. The summed E-state index contributed by atoms with van der Waals surface area (Å²) in [6, 6.07) is 16.7. The van der Waals surface area contributed by atoms with Gasteiger partial charge in [-0.2, -0.15) is 5.10 Å². The zero-order valence-electron chi connectivity index (χ0n) is 17.6. The van der Waals surface area contributed by atoms with Crippen LogP contribution in [0.2, 0.25) is 10.0 Å². The van der Waals surface area contributed by atoms with Gasteiger partial charge in [0, 0.05) is 40.3 Å². The van der Waals surface area contributed by atoms with E-state index in [0.717, 1.165) is 28.6 Å². The normalized spacial score (nSPS) is 11.1. The van der Waals surface area contributed by atoms with Gasteiger partial charge in [-0.25, -0.2) is 9.67 Å². The average Bonchev–Trinajstić information content (AvgIpc) is 3.51. The highest BCUT2D eigenvalue weighted by atomic mass is 35.5. The molecule has 0 fully saturated rings. The minimum absolute atomic E-state index is 0.134. The minimum Gasteiger partial charge on any atom is -0.487 e. The molecule has 0 N–H and O–H groups in total. The van der Waals surface area contributed by atoms with Crippen LogP contribution in [0.1, 0.15) is 21.7 Å². The molecule has 0 aliphatic carbocycles. The van der Waals surface area contributed by atoms with E-state index in [0.29, 0.717) is 32.7 Å². The highest BCUT2D eigenvalue weighted by molar-refractivity contribution is 6.37. The molecular formula is C25H18Cl2N4O2. The molecule has 0 spiro atoms. The van der Waals surface area contributed by atoms with E-state index >= 15 is 0 Å². The van der Waals surface area contributed by atoms with Gasteiger partial charge in [-0.15, -0.1) is 0 Å². The van der Waals surface area contributed by atoms with Crippen LogP contribution in [0.25, 0.3) is 22.3 Å². The number of carbonyl (C=O) groups is 1. The highest BCUT2D eigenvalue weighted by Crippen LogP contribution is 2.34. The lowest BCUT2D eigenvalue weighted by atomic mass is 10.1. The van der Waals surface area contributed by atoms with Crippen LogP contribution in [-0.4, -0.2) is 25.6 Å². The van der Waals surface area contributed by atoms with E-state index in [9.17, 15) is 4.79 Å². The van der Waals surface area contributed by atoms with Crippen molar-refractivity contribution in [3.05, 3.63) is 100 Å². The Morgan fingerprint density at radius 1 is 1.03 bits per heavy atom. The number of fused-ring (bicyclic) bond motifs is 1. The Morgan fingerprint density at radius 2 is 1.91 bits per heavy atom. The van der Waals surface area contributed by atoms with Crippen LogP contribution >= 0.6 is 23.2 Å². The van der Waals surface area contributed by atoms with Gasteiger partial charge in [-0.05, 0) is 49.4 Å². The van der Waals surface area contributed by atoms with E-state index < -0.39 is 0 Å². The first-order chi connectivity index (χ1) is 16.1. The van der Waals surface area contributed by atoms with E-state index in [4.69, 9.17) is 32.9 Å². The van der Waals surface area contributed by atoms with Gasteiger partial charge in [0.25, 0.3) is 0 Å². The molecule has 0 bridgehead atoms. The Labute approximate surface area is 200 Å². The Morgan fingerprint density at radius 3 is 2.70 bits per heavy atom. The molecule has 2 aromatic carbocycles. The second-order valence-corrected chi connectivity index (χ2v) is 8.24. The number of para-hydroxylation sites is 1. The maximum atomic E-state index is 11.4. The highest BCUT2D eigenvalue weighted by Gasteiger charge is 2.16. The molecule has 0 saturated heterocycles. The quantitative estimate of drug-likeness (QED) is 0.273. The van der Waals surface area contributed by atoms with Crippen molar-refractivity contribution < 1.29 is 9.53 Å². The Hall–Kier alpha value is -3.61. The van der Waals surface area contributed by atoms with Crippen LogP contribution in [0.3, 0.4) is 0 Å². The van der Waals surface area contributed by atoms with Crippen molar-refractivity contribution >= 4 is 40.4 Å². The first-order valence-electron chi connectivity index (χ1n) is 10.2. The van der Waals surface area contributed by atoms with Crippen molar-refractivity contribution in [2.45, 2.75) is 13.5 Å². The van der Waals surface area contributed by atoms with Crippen LogP contribution in [0.5, 0.6) is 5.75 Å². The zero-order valence-corrected chi connectivity index (χ0v) is 19.1. The van der Waals surface area contributed by atoms with Crippen molar-refractivity contribution in [2.24, 2.45) is 0 Å². The molecule has 5 aromatic rings. The maximum absolute atomic E-state index is 11.4. The Bertz CT molecular complexity index is 1480. The Balaban J connectivity index is 1.54. The summed E-state index contributed by atoms with van der Waals surface area (Å²) in [7, 11) is 0. The minimum atomic E-state index is 0.134. The molecule has 0 atom stereocenters. The maximum Gasteiger partial charge on any atom is 0.166 e. The lowest BCUT2D eigenvalue weighted by Gasteiger charge is -2.16. The predicted octanol–water partition coefficient (Wildman–Crippen LogP) is 6.22. The van der Waals surface area contributed by atoms with Gasteiger partial charge in [-0.3, -0.25) is 4.79 Å². The molecule has 3 aromatic heterocycles. The number of hydrogen-bond acceptors (Lipinski definition) is 4. The molecule has 164 valence electrons. The van der Waals surface area contributed by atoms with Crippen molar-refractivity contribution in [1.82, 2.24) is 19.3 Å². The summed E-state index contributed by atoms with van der Waals surface area (Å²) >= 11 is 13.2. The molecule has 33 heavy (non-hydrogen) atoms. The monoisotopic (exact) mass is 476 g/mol. The molecule has 3 heterocycles. The summed E-state index contributed by atoms with van der Waals surface area (Å²) in [6.07, 6.45) is 6.18. The number of aromatic nitrogens is 4. The second kappa shape index (κ2) is 8.73. The van der Waals surface area contributed by atoms with Gasteiger partial charge in [0.2, 0.25) is 0 Å². The van der Waals surface area contributed by atoms with Crippen LogP contribution in [0, 0.1) is 6.92 Å². The van der Waals surface area contributed by atoms with E-state index in [1.54, 1.807) is 45.9 Å². The second-order valence-electron chi connectivity index (χ2n) is 7.45. The fraction of sp³-hybridized carbons (Fsp3) is 0.0800. The van der Waals surface area contributed by atoms with Gasteiger partial charge >= 0.3 is 0 Å². The van der Waals surface area contributed by atoms with Gasteiger partial charge < -0.3 is 9.30 Å². The molecule has 5 rings (SSSR count). The fourth-order valence-electron chi connectivity index (χ4n) is 3.81. The number of halogens is 2. The van der Waals surface area contributed by atoms with Gasteiger partial charge in [0.05, 0.1) is 22.1 Å². The van der Waals surface area contributed by atoms with Gasteiger partial charge in [0.1, 0.15) is 17.9 Å². The number of benzene rings is 2. The average molecular weight is 477 g/mol. The number of aryl methyl sites for hydroxylation is 1. The summed E-state index contributed by atoms with van der Waals surface area (Å²) in [6.45, 7) is 2.07. The topological polar surface area (TPSA) is 61.9 Å². The summed E-state index contributed by atoms with van der Waals surface area (Å²) < 4.78 is 9.71. The summed E-state index contributed by atoms with van der Waals surface area (Å²) in [4.78, 5) is 16.1. The lowest BCUT2D eigenvalue weighted by Crippen LogP contribution is -2.04. The lowest BCUT2D eigenvalue weighted by molar-refractivity contribution is 0.111. The molecule has 0 unspecified atom stereocenters. The number of ether oxygens (including phenoxy) is 1. The third kappa shape index (κ3) is 3.88. The largest absolute Gasteiger partial charge is 0.487 e. The van der Waals surface area contributed by atoms with Crippen molar-refractivity contribution in [2.75, 3.05) is 0 Å². The fourth-order valence-corrected chi connectivity index (χ4v) is 4.38. The predicted molar refractivity (Wildman–Crippen MR) is 129 cm³/mol. The van der Waals surface area contributed by atoms with Crippen molar-refractivity contribution in [3.8, 4) is 17.1 Å². The molecule has 0 radical (unpaired) electrons. The molecule has 0 aliphatic heterocycles. The van der Waals surface area contributed by atoms with Crippen LogP contribution in [0.15, 0.2) is 73.2 Å². The number of carbonyl (C=O) groups excluding carboxylic acids is 1. The third-order valence-electron chi connectivity index (χ3n) is 5.36. The van der Waals surface area contributed by atoms with Crippen molar-refractivity contribution in [3.63, 3.8) is 0 Å². The molecule has 0 saturated carbocycles. The standard InChI is InChI=1S/C25H18Cl2N4O2/c1-16-13-22(31-12-4-10-28-31)18-6-2-7-23(25(18)29-16)33-15-19-20(26)8-9-21(24(19)27)30-11-3-5-17(30)14-32/h2-14H,15H2,1H3. The molecule has 8 heteroatoms.